The molecule has 0 aliphatic carbocycles. The molecule has 0 spiro atoms. The molecule has 88 valence electrons. The van der Waals surface area contributed by atoms with Crippen molar-refractivity contribution in [2.75, 3.05) is 5.73 Å². The highest BCUT2D eigenvalue weighted by atomic mass is 79.9. The topological polar surface area (TPSA) is 56.0 Å². The quantitative estimate of drug-likeness (QED) is 0.886. The molecule has 1 aromatic carbocycles. The van der Waals surface area contributed by atoms with Crippen molar-refractivity contribution in [2.24, 2.45) is 0 Å². The number of nitrogens with two attached hydrogens (primary N) is 1. The fourth-order valence-electron chi connectivity index (χ4n) is 1.37. The van der Waals surface area contributed by atoms with Gasteiger partial charge in [0.05, 0.1) is 17.7 Å². The standard InChI is InChI=1S/C11H8BrFN2OS/c12-6-1-2-9(13)8(3-6)10(16)4-7-5-17-11(14)15-7/h1-3,5H,4H2,(H2,14,15). The molecule has 0 saturated carbocycles. The van der Waals surface area contributed by atoms with Gasteiger partial charge in [-0.2, -0.15) is 0 Å². The van der Waals surface area contributed by atoms with Gasteiger partial charge in [0.1, 0.15) is 5.82 Å². The number of rotatable bonds is 3. The molecule has 0 amide bonds. The molecule has 0 atom stereocenters. The Kier molecular flexibility index (Phi) is 3.54. The molecule has 2 N–H and O–H groups in total. The zero-order chi connectivity index (χ0) is 12.4. The molecule has 1 heterocycles. The second-order valence-corrected chi connectivity index (χ2v) is 5.21. The Bertz CT molecular complexity index is 570. The molecule has 0 unspecified atom stereocenters. The lowest BCUT2D eigenvalue weighted by atomic mass is 10.1. The minimum atomic E-state index is -0.526. The summed E-state index contributed by atoms with van der Waals surface area (Å²) in [6, 6.07) is 4.27. The van der Waals surface area contributed by atoms with Crippen LogP contribution in [0.25, 0.3) is 0 Å². The molecule has 0 bridgehead atoms. The molecule has 0 aliphatic heterocycles. The Hall–Kier alpha value is -1.27. The van der Waals surface area contributed by atoms with Crippen molar-refractivity contribution in [2.45, 2.75) is 6.42 Å². The molecule has 2 aromatic rings. The third-order valence-corrected chi connectivity index (χ3v) is 3.36. The van der Waals surface area contributed by atoms with E-state index in [0.717, 1.165) is 0 Å². The highest BCUT2D eigenvalue weighted by Gasteiger charge is 2.14. The maximum Gasteiger partial charge on any atom is 0.180 e. The van der Waals surface area contributed by atoms with Crippen LogP contribution in [-0.4, -0.2) is 10.8 Å². The molecular weight excluding hydrogens is 307 g/mol. The summed E-state index contributed by atoms with van der Waals surface area (Å²) in [5, 5.41) is 2.10. The van der Waals surface area contributed by atoms with Gasteiger partial charge in [-0.15, -0.1) is 11.3 Å². The number of anilines is 1. The van der Waals surface area contributed by atoms with Crippen molar-refractivity contribution < 1.29 is 9.18 Å². The highest BCUT2D eigenvalue weighted by molar-refractivity contribution is 9.10. The lowest BCUT2D eigenvalue weighted by Crippen LogP contribution is -2.06. The van der Waals surface area contributed by atoms with E-state index >= 15 is 0 Å². The maximum absolute atomic E-state index is 13.4. The van der Waals surface area contributed by atoms with Gasteiger partial charge in [0, 0.05) is 9.85 Å². The van der Waals surface area contributed by atoms with Crippen LogP contribution in [0.1, 0.15) is 16.1 Å². The predicted molar refractivity (Wildman–Crippen MR) is 68.7 cm³/mol. The van der Waals surface area contributed by atoms with Crippen molar-refractivity contribution >= 4 is 38.2 Å². The summed E-state index contributed by atoms with van der Waals surface area (Å²) in [4.78, 5) is 15.8. The second kappa shape index (κ2) is 4.93. The van der Waals surface area contributed by atoms with Gasteiger partial charge in [0.25, 0.3) is 0 Å². The number of aromatic nitrogens is 1. The molecular formula is C11H8BrFN2OS. The van der Waals surface area contributed by atoms with Crippen LogP contribution >= 0.6 is 27.3 Å². The third kappa shape index (κ3) is 2.89. The summed E-state index contributed by atoms with van der Waals surface area (Å²) in [5.74, 6) is -0.837. The average molecular weight is 315 g/mol. The van der Waals surface area contributed by atoms with Gasteiger partial charge in [-0.05, 0) is 18.2 Å². The van der Waals surface area contributed by atoms with Gasteiger partial charge in [0.15, 0.2) is 10.9 Å². The zero-order valence-electron chi connectivity index (χ0n) is 8.61. The first-order valence-electron chi connectivity index (χ1n) is 4.74. The molecule has 0 aliphatic rings. The van der Waals surface area contributed by atoms with Gasteiger partial charge in [-0.25, -0.2) is 9.37 Å². The van der Waals surface area contributed by atoms with E-state index in [4.69, 9.17) is 5.73 Å². The van der Waals surface area contributed by atoms with Crippen LogP contribution < -0.4 is 5.73 Å². The number of Topliss-reactive ketones (excluding diaryl/α,β-unsaturated/α-hetero) is 1. The van der Waals surface area contributed by atoms with Gasteiger partial charge >= 0.3 is 0 Å². The monoisotopic (exact) mass is 314 g/mol. The summed E-state index contributed by atoms with van der Waals surface area (Å²) in [7, 11) is 0. The molecule has 2 rings (SSSR count). The number of halogens is 2. The first-order valence-corrected chi connectivity index (χ1v) is 6.41. The van der Waals surface area contributed by atoms with Gasteiger partial charge < -0.3 is 5.73 Å². The van der Waals surface area contributed by atoms with E-state index < -0.39 is 5.82 Å². The van der Waals surface area contributed by atoms with E-state index in [1.165, 1.54) is 23.5 Å². The first kappa shape index (κ1) is 12.2. The van der Waals surface area contributed by atoms with Gasteiger partial charge in [-0.3, -0.25) is 4.79 Å². The summed E-state index contributed by atoms with van der Waals surface area (Å²) in [6.45, 7) is 0. The molecule has 6 heteroatoms. The molecule has 17 heavy (non-hydrogen) atoms. The van der Waals surface area contributed by atoms with Crippen molar-refractivity contribution in [3.05, 3.63) is 45.1 Å². The number of carbonyl (C=O) groups is 1. The smallest absolute Gasteiger partial charge is 0.180 e. The predicted octanol–water partition coefficient (Wildman–Crippen LogP) is 3.05. The number of hydrogen-bond acceptors (Lipinski definition) is 4. The summed E-state index contributed by atoms with van der Waals surface area (Å²) >= 11 is 4.46. The lowest BCUT2D eigenvalue weighted by Gasteiger charge is -2.01. The van der Waals surface area contributed by atoms with Crippen molar-refractivity contribution in [3.63, 3.8) is 0 Å². The van der Waals surface area contributed by atoms with Crippen LogP contribution in [0.3, 0.4) is 0 Å². The number of carbonyl (C=O) groups excluding carboxylic acids is 1. The van der Waals surface area contributed by atoms with Crippen LogP contribution in [0.2, 0.25) is 0 Å². The Morgan fingerprint density at radius 2 is 2.29 bits per heavy atom. The fourth-order valence-corrected chi connectivity index (χ4v) is 2.30. The molecule has 1 aromatic heterocycles. The highest BCUT2D eigenvalue weighted by Crippen LogP contribution is 2.18. The van der Waals surface area contributed by atoms with E-state index in [1.54, 1.807) is 11.4 Å². The molecule has 0 saturated heterocycles. The summed E-state index contributed by atoms with van der Waals surface area (Å²) < 4.78 is 14.1. The molecule has 0 radical (unpaired) electrons. The largest absolute Gasteiger partial charge is 0.375 e. The van der Waals surface area contributed by atoms with Crippen LogP contribution in [-0.2, 0) is 6.42 Å². The summed E-state index contributed by atoms with van der Waals surface area (Å²) in [6.07, 6.45) is 0.0566. The number of nitrogens with zero attached hydrogens (tertiary/aromatic N) is 1. The maximum atomic E-state index is 13.4. The van der Waals surface area contributed by atoms with E-state index in [9.17, 15) is 9.18 Å². The average Bonchev–Trinajstić information content (AvgIpc) is 2.67. The number of hydrogen-bond donors (Lipinski definition) is 1. The molecule has 3 nitrogen and oxygen atoms in total. The fraction of sp³-hybridized carbons (Fsp3) is 0.0909. The minimum Gasteiger partial charge on any atom is -0.375 e. The summed E-state index contributed by atoms with van der Waals surface area (Å²) in [5.41, 5.74) is 6.09. The van der Waals surface area contributed by atoms with Crippen molar-refractivity contribution in [1.29, 1.82) is 0 Å². The Balaban J connectivity index is 2.22. The first-order chi connectivity index (χ1) is 8.06. The number of ketones is 1. The Morgan fingerprint density at radius 3 is 2.94 bits per heavy atom. The van der Waals surface area contributed by atoms with E-state index in [1.807, 2.05) is 0 Å². The van der Waals surface area contributed by atoms with E-state index in [-0.39, 0.29) is 17.8 Å². The van der Waals surface area contributed by atoms with Gasteiger partial charge in [-0.1, -0.05) is 15.9 Å². The number of benzene rings is 1. The van der Waals surface area contributed by atoms with Crippen LogP contribution in [0, 0.1) is 5.82 Å². The third-order valence-electron chi connectivity index (χ3n) is 2.14. The van der Waals surface area contributed by atoms with E-state index in [0.29, 0.717) is 15.3 Å². The van der Waals surface area contributed by atoms with Crippen LogP contribution in [0.4, 0.5) is 9.52 Å². The normalized spacial score (nSPS) is 10.5. The van der Waals surface area contributed by atoms with Crippen LogP contribution in [0.15, 0.2) is 28.1 Å². The number of thiazole rings is 1. The van der Waals surface area contributed by atoms with Crippen molar-refractivity contribution in [3.8, 4) is 0 Å². The number of nitrogen functional groups attached to an aromatic ring is 1. The Labute approximate surface area is 110 Å². The van der Waals surface area contributed by atoms with Crippen molar-refractivity contribution in [1.82, 2.24) is 4.98 Å². The van der Waals surface area contributed by atoms with E-state index in [2.05, 4.69) is 20.9 Å². The zero-order valence-corrected chi connectivity index (χ0v) is 11.0. The Morgan fingerprint density at radius 1 is 1.53 bits per heavy atom. The second-order valence-electron chi connectivity index (χ2n) is 3.40. The van der Waals surface area contributed by atoms with Crippen LogP contribution in [0.5, 0.6) is 0 Å². The molecule has 0 fully saturated rings. The minimum absolute atomic E-state index is 0.0566. The lowest BCUT2D eigenvalue weighted by molar-refractivity contribution is 0.0988. The SMILES string of the molecule is Nc1nc(CC(=O)c2cc(Br)ccc2F)cs1. The van der Waals surface area contributed by atoms with Gasteiger partial charge in [0.2, 0.25) is 0 Å².